The summed E-state index contributed by atoms with van der Waals surface area (Å²) in [4.78, 5) is 27.6. The quantitative estimate of drug-likeness (QED) is 0.646. The van der Waals surface area contributed by atoms with Gasteiger partial charge >= 0.3 is 0 Å². The third-order valence-electron chi connectivity index (χ3n) is 4.87. The highest BCUT2D eigenvalue weighted by Crippen LogP contribution is 2.19. The number of anilines is 1. The van der Waals surface area contributed by atoms with Crippen molar-refractivity contribution in [3.05, 3.63) is 70.8 Å². The monoisotopic (exact) mass is 455 g/mol. The van der Waals surface area contributed by atoms with Crippen LogP contribution in [0.1, 0.15) is 23.2 Å². The first-order chi connectivity index (χ1) is 14.1. The Morgan fingerprint density at radius 3 is 2.48 bits per heavy atom. The summed E-state index contributed by atoms with van der Waals surface area (Å²) in [6.07, 6.45) is 6.63. The van der Waals surface area contributed by atoms with Gasteiger partial charge in [-0.3, -0.25) is 9.78 Å². The number of benzene rings is 1. The normalized spacial score (nSPS) is 14.6. The van der Waals surface area contributed by atoms with Gasteiger partial charge in [0, 0.05) is 43.3 Å². The maximum Gasteiger partial charge on any atom is 0.253 e. The van der Waals surface area contributed by atoms with Crippen LogP contribution in [0.15, 0.2) is 59.5 Å². The summed E-state index contributed by atoms with van der Waals surface area (Å²) < 4.78 is 14.2. The summed E-state index contributed by atoms with van der Waals surface area (Å²) in [6.45, 7) is 1.56. The van der Waals surface area contributed by atoms with E-state index in [0.29, 0.717) is 22.8 Å². The molecule has 1 amide bonds. The van der Waals surface area contributed by atoms with Crippen molar-refractivity contribution >= 4 is 27.8 Å². The van der Waals surface area contributed by atoms with Crippen molar-refractivity contribution < 1.29 is 9.18 Å². The minimum Gasteiger partial charge on any atom is -0.349 e. The number of carbonyl (C=O) groups excluding carboxylic acids is 1. The lowest BCUT2D eigenvalue weighted by molar-refractivity contribution is 0.0930. The number of aromatic nitrogens is 3. The van der Waals surface area contributed by atoms with Gasteiger partial charge < -0.3 is 10.2 Å². The van der Waals surface area contributed by atoms with Gasteiger partial charge in [-0.2, -0.15) is 0 Å². The summed E-state index contributed by atoms with van der Waals surface area (Å²) in [5.41, 5.74) is 1.80. The zero-order valence-electron chi connectivity index (χ0n) is 15.6. The molecule has 0 radical (unpaired) electrons. The van der Waals surface area contributed by atoms with Crippen molar-refractivity contribution in [2.24, 2.45) is 0 Å². The number of carbonyl (C=O) groups is 1. The molecule has 1 saturated heterocycles. The van der Waals surface area contributed by atoms with Crippen LogP contribution in [0.5, 0.6) is 0 Å². The Kier molecular flexibility index (Phi) is 5.80. The summed E-state index contributed by atoms with van der Waals surface area (Å²) >= 11 is 3.34. The van der Waals surface area contributed by atoms with E-state index in [4.69, 9.17) is 0 Å². The number of halogens is 2. The molecule has 29 heavy (non-hydrogen) atoms. The first-order valence-corrected chi connectivity index (χ1v) is 10.1. The van der Waals surface area contributed by atoms with E-state index >= 15 is 0 Å². The maximum absolute atomic E-state index is 13.4. The van der Waals surface area contributed by atoms with E-state index in [1.807, 2.05) is 0 Å². The number of hydrogen-bond acceptors (Lipinski definition) is 5. The molecular weight excluding hydrogens is 437 g/mol. The van der Waals surface area contributed by atoms with Crippen LogP contribution in [0, 0.1) is 5.82 Å². The molecular formula is C21H19BrFN5O. The Hall–Kier alpha value is -2.87. The molecule has 1 N–H and O–H groups in total. The second-order valence-electron chi connectivity index (χ2n) is 6.88. The number of amides is 1. The van der Waals surface area contributed by atoms with Crippen molar-refractivity contribution in [1.82, 2.24) is 20.3 Å². The number of rotatable bonds is 4. The fourth-order valence-electron chi connectivity index (χ4n) is 3.31. The highest BCUT2D eigenvalue weighted by atomic mass is 79.9. The summed E-state index contributed by atoms with van der Waals surface area (Å²) in [5, 5.41) is 3.07. The van der Waals surface area contributed by atoms with Crippen LogP contribution in [0.4, 0.5) is 10.3 Å². The van der Waals surface area contributed by atoms with Gasteiger partial charge in [-0.15, -0.1) is 0 Å². The van der Waals surface area contributed by atoms with E-state index in [-0.39, 0.29) is 17.8 Å². The Labute approximate surface area is 176 Å². The lowest BCUT2D eigenvalue weighted by Gasteiger charge is -2.32. The maximum atomic E-state index is 13.4. The van der Waals surface area contributed by atoms with Gasteiger partial charge in [0.25, 0.3) is 5.91 Å². The number of pyridine rings is 1. The van der Waals surface area contributed by atoms with Crippen LogP contribution in [0.25, 0.3) is 11.3 Å². The van der Waals surface area contributed by atoms with Gasteiger partial charge in [-0.25, -0.2) is 14.4 Å². The van der Waals surface area contributed by atoms with Crippen molar-refractivity contribution in [3.8, 4) is 11.3 Å². The molecule has 0 unspecified atom stereocenters. The molecule has 0 bridgehead atoms. The van der Waals surface area contributed by atoms with Crippen molar-refractivity contribution in [3.63, 3.8) is 0 Å². The smallest absolute Gasteiger partial charge is 0.253 e. The molecule has 0 atom stereocenters. The fraction of sp³-hybridized carbons (Fsp3) is 0.238. The summed E-state index contributed by atoms with van der Waals surface area (Å²) in [7, 11) is 0. The molecule has 4 rings (SSSR count). The third kappa shape index (κ3) is 4.76. The first kappa shape index (κ1) is 19.4. The highest BCUT2D eigenvalue weighted by molar-refractivity contribution is 9.10. The Morgan fingerprint density at radius 1 is 1.07 bits per heavy atom. The van der Waals surface area contributed by atoms with E-state index in [1.165, 1.54) is 18.3 Å². The molecule has 6 nitrogen and oxygen atoms in total. The lowest BCUT2D eigenvalue weighted by atomic mass is 10.0. The molecule has 3 aromatic rings. The Balaban J connectivity index is 1.33. The van der Waals surface area contributed by atoms with Crippen LogP contribution in [0.3, 0.4) is 0 Å². The molecule has 3 heterocycles. The van der Waals surface area contributed by atoms with Crippen LogP contribution in [-0.4, -0.2) is 40.0 Å². The number of nitrogens with one attached hydrogen (secondary N) is 1. The standard InChI is InChI=1S/C21H19BrFN5O/c22-16-12-25-21(26-13-16)28-8-6-18(7-9-28)27-20(29)15-4-5-19(24-11-15)14-2-1-3-17(23)10-14/h1-5,10-13,18H,6-9H2,(H,27,29). The van der Waals surface area contributed by atoms with E-state index < -0.39 is 0 Å². The lowest BCUT2D eigenvalue weighted by Crippen LogP contribution is -2.45. The molecule has 1 fully saturated rings. The SMILES string of the molecule is O=C(NC1CCN(c2ncc(Br)cn2)CC1)c1ccc(-c2cccc(F)c2)nc1. The van der Waals surface area contributed by atoms with Gasteiger partial charge in [0.15, 0.2) is 0 Å². The predicted molar refractivity (Wildman–Crippen MR) is 112 cm³/mol. The van der Waals surface area contributed by atoms with Gasteiger partial charge in [-0.1, -0.05) is 12.1 Å². The van der Waals surface area contributed by atoms with E-state index in [9.17, 15) is 9.18 Å². The van der Waals surface area contributed by atoms with E-state index in [0.717, 1.165) is 30.4 Å². The van der Waals surface area contributed by atoms with Crippen molar-refractivity contribution in [2.45, 2.75) is 18.9 Å². The molecule has 0 saturated carbocycles. The van der Waals surface area contributed by atoms with Gasteiger partial charge in [-0.05, 0) is 53.0 Å². The van der Waals surface area contributed by atoms with E-state index in [2.05, 4.69) is 41.1 Å². The molecule has 8 heteroatoms. The van der Waals surface area contributed by atoms with Crippen molar-refractivity contribution in [1.29, 1.82) is 0 Å². The Bertz CT molecular complexity index is 989. The van der Waals surface area contributed by atoms with Crippen LogP contribution < -0.4 is 10.2 Å². The molecule has 1 aliphatic heterocycles. The number of nitrogens with zero attached hydrogens (tertiary/aromatic N) is 4. The van der Waals surface area contributed by atoms with Crippen molar-refractivity contribution in [2.75, 3.05) is 18.0 Å². The van der Waals surface area contributed by atoms with Crippen LogP contribution in [-0.2, 0) is 0 Å². The van der Waals surface area contributed by atoms with Gasteiger partial charge in [0.1, 0.15) is 5.82 Å². The molecule has 1 aliphatic rings. The second-order valence-corrected chi connectivity index (χ2v) is 7.79. The topological polar surface area (TPSA) is 71.0 Å². The van der Waals surface area contributed by atoms with Gasteiger partial charge in [0.2, 0.25) is 5.95 Å². The zero-order valence-corrected chi connectivity index (χ0v) is 17.1. The van der Waals surface area contributed by atoms with Crippen LogP contribution in [0.2, 0.25) is 0 Å². The molecule has 0 aliphatic carbocycles. The molecule has 2 aromatic heterocycles. The summed E-state index contributed by atoms with van der Waals surface area (Å²) in [6, 6.07) is 9.78. The molecule has 0 spiro atoms. The highest BCUT2D eigenvalue weighted by Gasteiger charge is 2.22. The first-order valence-electron chi connectivity index (χ1n) is 9.34. The molecule has 148 valence electrons. The molecule has 1 aromatic carbocycles. The minimum absolute atomic E-state index is 0.0945. The number of piperidine rings is 1. The second kappa shape index (κ2) is 8.65. The predicted octanol–water partition coefficient (Wildman–Crippen LogP) is 3.84. The average Bonchev–Trinajstić information content (AvgIpc) is 2.75. The zero-order chi connectivity index (χ0) is 20.2. The van der Waals surface area contributed by atoms with E-state index in [1.54, 1.807) is 36.7 Å². The summed E-state index contributed by atoms with van der Waals surface area (Å²) in [5.74, 6) is 0.239. The minimum atomic E-state index is -0.314. The largest absolute Gasteiger partial charge is 0.349 e. The third-order valence-corrected chi connectivity index (χ3v) is 5.28. The fourth-order valence-corrected chi connectivity index (χ4v) is 3.51. The number of hydrogen-bond donors (Lipinski definition) is 1. The van der Waals surface area contributed by atoms with Crippen LogP contribution >= 0.6 is 15.9 Å². The Morgan fingerprint density at radius 2 is 1.83 bits per heavy atom. The van der Waals surface area contributed by atoms with Gasteiger partial charge in [0.05, 0.1) is 15.7 Å². The average molecular weight is 456 g/mol.